The van der Waals surface area contributed by atoms with E-state index in [1.807, 2.05) is 36.4 Å². The van der Waals surface area contributed by atoms with E-state index in [4.69, 9.17) is 16.3 Å². The van der Waals surface area contributed by atoms with E-state index in [9.17, 15) is 9.59 Å². The van der Waals surface area contributed by atoms with Crippen molar-refractivity contribution >= 4 is 17.4 Å². The van der Waals surface area contributed by atoms with Crippen molar-refractivity contribution in [3.05, 3.63) is 58.0 Å². The van der Waals surface area contributed by atoms with E-state index in [2.05, 4.69) is 15.5 Å². The third-order valence-corrected chi connectivity index (χ3v) is 6.88. The maximum Gasteiger partial charge on any atom is 0.343 e. The number of benzene rings is 2. The first-order chi connectivity index (χ1) is 15.5. The van der Waals surface area contributed by atoms with Crippen LogP contribution in [0.2, 0.25) is 5.02 Å². The van der Waals surface area contributed by atoms with Gasteiger partial charge in [0.1, 0.15) is 11.5 Å². The Kier molecular flexibility index (Phi) is 5.39. The summed E-state index contributed by atoms with van der Waals surface area (Å²) in [5, 5.41) is 10.8. The molecule has 2 aromatic carbocycles. The second-order valence-corrected chi connectivity index (χ2v) is 9.11. The molecule has 1 aliphatic heterocycles. The van der Waals surface area contributed by atoms with E-state index < -0.39 is 5.41 Å². The van der Waals surface area contributed by atoms with Crippen molar-refractivity contribution in [2.24, 2.45) is 11.3 Å². The van der Waals surface area contributed by atoms with Gasteiger partial charge in [-0.2, -0.15) is 5.10 Å². The number of ether oxygens (including phenoxy) is 1. The molecule has 166 valence electrons. The number of halogens is 1. The van der Waals surface area contributed by atoms with Gasteiger partial charge in [0.2, 0.25) is 0 Å². The Bertz CT molecular complexity index is 1200. The number of rotatable bonds is 7. The molecule has 0 spiro atoms. The Hall–Kier alpha value is -2.90. The third kappa shape index (κ3) is 3.76. The van der Waals surface area contributed by atoms with Gasteiger partial charge in [0.05, 0.1) is 17.5 Å². The predicted octanol–water partition coefficient (Wildman–Crippen LogP) is 3.53. The molecular formula is C24H25ClN4O3. The molecule has 1 aliphatic carbocycles. The zero-order valence-electron chi connectivity index (χ0n) is 17.9. The molecule has 2 aliphatic rings. The number of hydrogen-bond donors (Lipinski definition) is 2. The first kappa shape index (κ1) is 21.0. The number of Topliss-reactive ketones (excluding diaryl/α,β-unsaturated/α-hetero) is 1. The van der Waals surface area contributed by atoms with Crippen molar-refractivity contribution in [3.63, 3.8) is 0 Å². The number of carbonyl (C=O) groups is 1. The SMILES string of the molecule is COc1ccc(-c2ccc(-c3n[nH]c(=O)n3CC3(C(=O)C4CC4)CCNC3)cc2)c(Cl)c1. The average Bonchev–Trinajstić information content (AvgIpc) is 3.45. The van der Waals surface area contributed by atoms with Crippen LogP contribution in [0.15, 0.2) is 47.3 Å². The van der Waals surface area contributed by atoms with Crippen LogP contribution in [-0.2, 0) is 11.3 Å². The maximum atomic E-state index is 13.1. The average molecular weight is 453 g/mol. The van der Waals surface area contributed by atoms with Crippen LogP contribution in [0.3, 0.4) is 0 Å². The molecule has 2 fully saturated rings. The summed E-state index contributed by atoms with van der Waals surface area (Å²) < 4.78 is 6.83. The summed E-state index contributed by atoms with van der Waals surface area (Å²) in [6.07, 6.45) is 2.67. The number of ketones is 1. The molecule has 0 bridgehead atoms. The minimum absolute atomic E-state index is 0.148. The van der Waals surface area contributed by atoms with E-state index in [1.54, 1.807) is 17.7 Å². The summed E-state index contributed by atoms with van der Waals surface area (Å²) >= 11 is 6.42. The summed E-state index contributed by atoms with van der Waals surface area (Å²) in [5.41, 5.74) is 1.81. The quantitative estimate of drug-likeness (QED) is 0.572. The van der Waals surface area contributed by atoms with Gasteiger partial charge in [0.15, 0.2) is 5.82 Å². The normalized spacial score (nSPS) is 20.4. The second-order valence-electron chi connectivity index (χ2n) is 8.71. The molecule has 1 saturated heterocycles. The minimum atomic E-state index is -0.541. The molecule has 1 unspecified atom stereocenters. The largest absolute Gasteiger partial charge is 0.497 e. The van der Waals surface area contributed by atoms with E-state index in [0.29, 0.717) is 29.7 Å². The number of carbonyl (C=O) groups excluding carboxylic acids is 1. The molecule has 2 N–H and O–H groups in total. The fourth-order valence-corrected chi connectivity index (χ4v) is 4.87. The van der Waals surface area contributed by atoms with Crippen molar-refractivity contribution in [2.75, 3.05) is 20.2 Å². The number of nitrogens with zero attached hydrogens (tertiary/aromatic N) is 2. The van der Waals surface area contributed by atoms with Crippen LogP contribution in [0.1, 0.15) is 19.3 Å². The fourth-order valence-electron chi connectivity index (χ4n) is 4.59. The lowest BCUT2D eigenvalue weighted by atomic mass is 9.80. The smallest absolute Gasteiger partial charge is 0.343 e. The molecule has 7 nitrogen and oxygen atoms in total. The molecule has 0 radical (unpaired) electrons. The molecule has 8 heteroatoms. The summed E-state index contributed by atoms with van der Waals surface area (Å²) in [4.78, 5) is 25.7. The summed E-state index contributed by atoms with van der Waals surface area (Å²) in [5.74, 6) is 1.67. The van der Waals surface area contributed by atoms with Crippen LogP contribution < -0.4 is 15.7 Å². The molecule has 0 amide bonds. The number of hydrogen-bond acceptors (Lipinski definition) is 5. The van der Waals surface area contributed by atoms with Crippen LogP contribution in [0.4, 0.5) is 0 Å². The lowest BCUT2D eigenvalue weighted by molar-refractivity contribution is -0.129. The highest BCUT2D eigenvalue weighted by Crippen LogP contribution is 2.41. The van der Waals surface area contributed by atoms with Crippen LogP contribution in [0.5, 0.6) is 5.75 Å². The van der Waals surface area contributed by atoms with E-state index in [-0.39, 0.29) is 17.4 Å². The van der Waals surface area contributed by atoms with Gasteiger partial charge in [0, 0.05) is 30.1 Å². The highest BCUT2D eigenvalue weighted by Gasteiger charge is 2.48. The van der Waals surface area contributed by atoms with E-state index >= 15 is 0 Å². The Labute approximate surface area is 190 Å². The lowest BCUT2D eigenvalue weighted by Gasteiger charge is -2.27. The van der Waals surface area contributed by atoms with E-state index in [1.165, 1.54) is 0 Å². The third-order valence-electron chi connectivity index (χ3n) is 6.56. The molecule has 1 aromatic heterocycles. The minimum Gasteiger partial charge on any atom is -0.497 e. The molecule has 32 heavy (non-hydrogen) atoms. The van der Waals surface area contributed by atoms with Crippen molar-refractivity contribution in [1.82, 2.24) is 20.1 Å². The molecule has 3 aromatic rings. The van der Waals surface area contributed by atoms with Crippen molar-refractivity contribution in [3.8, 4) is 28.3 Å². The summed E-state index contributed by atoms with van der Waals surface area (Å²) in [6.45, 7) is 1.73. The molecule has 1 saturated carbocycles. The molecular weight excluding hydrogens is 428 g/mol. The topological polar surface area (TPSA) is 89.0 Å². The summed E-state index contributed by atoms with van der Waals surface area (Å²) in [6, 6.07) is 13.3. The lowest BCUT2D eigenvalue weighted by Crippen LogP contribution is -2.41. The molecule has 1 atom stereocenters. The van der Waals surface area contributed by atoms with Crippen LogP contribution in [0, 0.1) is 11.3 Å². The van der Waals surface area contributed by atoms with Crippen molar-refractivity contribution < 1.29 is 9.53 Å². The number of aromatic amines is 1. The van der Waals surface area contributed by atoms with Gasteiger partial charge in [-0.25, -0.2) is 9.89 Å². The van der Waals surface area contributed by atoms with E-state index in [0.717, 1.165) is 42.5 Å². The van der Waals surface area contributed by atoms with Gasteiger partial charge in [-0.1, -0.05) is 35.9 Å². The molecule has 2 heterocycles. The number of nitrogens with one attached hydrogen (secondary N) is 2. The van der Waals surface area contributed by atoms with Gasteiger partial charge in [-0.3, -0.25) is 9.36 Å². The zero-order valence-corrected chi connectivity index (χ0v) is 18.6. The first-order valence-corrected chi connectivity index (χ1v) is 11.2. The van der Waals surface area contributed by atoms with Gasteiger partial charge < -0.3 is 10.1 Å². The Morgan fingerprint density at radius 3 is 2.59 bits per heavy atom. The summed E-state index contributed by atoms with van der Waals surface area (Å²) in [7, 11) is 1.60. The zero-order chi connectivity index (χ0) is 22.3. The molecule has 5 rings (SSSR count). The monoisotopic (exact) mass is 452 g/mol. The Morgan fingerprint density at radius 2 is 1.97 bits per heavy atom. The number of methoxy groups -OCH3 is 1. The first-order valence-electron chi connectivity index (χ1n) is 10.9. The van der Waals surface area contributed by atoms with Crippen molar-refractivity contribution in [1.29, 1.82) is 0 Å². The van der Waals surface area contributed by atoms with Gasteiger partial charge in [-0.15, -0.1) is 0 Å². The predicted molar refractivity (Wildman–Crippen MR) is 123 cm³/mol. The highest BCUT2D eigenvalue weighted by atomic mass is 35.5. The van der Waals surface area contributed by atoms with Gasteiger partial charge >= 0.3 is 5.69 Å². The number of aromatic nitrogens is 3. The van der Waals surface area contributed by atoms with Crippen LogP contribution in [-0.4, -0.2) is 40.7 Å². The Morgan fingerprint density at radius 1 is 1.22 bits per heavy atom. The van der Waals surface area contributed by atoms with Gasteiger partial charge in [-0.05, 0) is 49.6 Å². The standard InChI is InChI=1S/C24H25ClN4O3/c1-32-18-8-9-19(20(25)12-18)15-2-6-17(7-3-15)22-27-28-23(31)29(22)14-24(10-11-26-13-24)21(30)16-4-5-16/h2-3,6-9,12,16,26H,4-5,10-11,13-14H2,1H3,(H,28,31). The highest BCUT2D eigenvalue weighted by molar-refractivity contribution is 6.33. The maximum absolute atomic E-state index is 13.1. The van der Waals surface area contributed by atoms with Crippen molar-refractivity contribution in [2.45, 2.75) is 25.8 Å². The van der Waals surface area contributed by atoms with Crippen LogP contribution in [0.25, 0.3) is 22.5 Å². The van der Waals surface area contributed by atoms with Crippen LogP contribution >= 0.6 is 11.6 Å². The second kappa shape index (κ2) is 8.22. The fraction of sp³-hybridized carbons (Fsp3) is 0.375. The number of H-pyrrole nitrogens is 1. The Balaban J connectivity index is 1.45. The van der Waals surface area contributed by atoms with Gasteiger partial charge in [0.25, 0.3) is 0 Å².